The number of pyridine rings is 1. The second kappa shape index (κ2) is 8.61. The first-order valence-electron chi connectivity index (χ1n) is 11.2. The van der Waals surface area contributed by atoms with Crippen molar-refractivity contribution in [1.82, 2.24) is 9.58 Å². The predicted octanol–water partition coefficient (Wildman–Crippen LogP) is 3.21. The lowest BCUT2D eigenvalue weighted by Gasteiger charge is -2.51. The summed E-state index contributed by atoms with van der Waals surface area (Å²) >= 11 is 0. The van der Waals surface area contributed by atoms with Gasteiger partial charge in [0.05, 0.1) is 5.56 Å². The molecule has 0 spiro atoms. The normalized spacial score (nSPS) is 20.1. The molecule has 7 nitrogen and oxygen atoms in total. The fourth-order valence-electron chi connectivity index (χ4n) is 4.74. The van der Waals surface area contributed by atoms with Crippen LogP contribution < -0.4 is 10.4 Å². The third-order valence-electron chi connectivity index (χ3n) is 6.50. The molecule has 1 N–H and O–H groups in total. The minimum absolute atomic E-state index is 0.0309. The molecule has 9 heteroatoms. The van der Waals surface area contributed by atoms with E-state index < -0.39 is 34.5 Å². The van der Waals surface area contributed by atoms with E-state index in [0.29, 0.717) is 12.5 Å². The summed E-state index contributed by atoms with van der Waals surface area (Å²) in [6, 6.07) is 2.95. The number of aromatic nitrogens is 1. The Hall–Kier alpha value is -3.23. The van der Waals surface area contributed by atoms with Gasteiger partial charge in [-0.1, -0.05) is 13.0 Å². The van der Waals surface area contributed by atoms with Crippen LogP contribution in [0.5, 0.6) is 5.75 Å². The Labute approximate surface area is 190 Å². The first kappa shape index (κ1) is 22.9. The van der Waals surface area contributed by atoms with Crippen molar-refractivity contribution in [2.24, 2.45) is 5.92 Å². The number of benzene rings is 1. The molecule has 0 aliphatic carbocycles. The highest BCUT2D eigenvalue weighted by molar-refractivity contribution is 6.00. The zero-order valence-corrected chi connectivity index (χ0v) is 18.8. The summed E-state index contributed by atoms with van der Waals surface area (Å²) < 4.78 is 28.5. The Morgan fingerprint density at radius 3 is 2.64 bits per heavy atom. The number of halogens is 2. The molecule has 1 fully saturated rings. The number of hydrogen-bond donors (Lipinski definition) is 1. The molecular formula is C24H27F2N3O4. The maximum atomic E-state index is 13.9. The van der Waals surface area contributed by atoms with Crippen molar-refractivity contribution in [3.05, 3.63) is 63.1 Å². The molecule has 0 bridgehead atoms. The van der Waals surface area contributed by atoms with E-state index in [1.807, 2.05) is 18.9 Å². The maximum Gasteiger partial charge on any atom is 0.278 e. The zero-order valence-electron chi connectivity index (χ0n) is 18.8. The molecule has 0 radical (unpaired) electrons. The van der Waals surface area contributed by atoms with E-state index in [1.54, 1.807) is 4.90 Å². The summed E-state index contributed by atoms with van der Waals surface area (Å²) in [7, 11) is 0. The number of fused-ring (bicyclic) bond motifs is 3. The Bertz CT molecular complexity index is 1180. The molecule has 176 valence electrons. The largest absolute Gasteiger partial charge is 0.502 e. The Morgan fingerprint density at radius 2 is 1.97 bits per heavy atom. The maximum absolute atomic E-state index is 13.9. The van der Waals surface area contributed by atoms with Crippen molar-refractivity contribution in [2.75, 3.05) is 11.6 Å². The quantitative estimate of drug-likeness (QED) is 0.695. The molecule has 1 aromatic heterocycles. The molecular weight excluding hydrogens is 432 g/mol. The number of aryl methyl sites for hydroxylation is 1. The van der Waals surface area contributed by atoms with Gasteiger partial charge in [0.25, 0.3) is 5.91 Å². The number of aromatic hydroxyl groups is 1. The average molecular weight is 459 g/mol. The smallest absolute Gasteiger partial charge is 0.278 e. The monoisotopic (exact) mass is 459 g/mol. The number of piperidine rings is 1. The summed E-state index contributed by atoms with van der Waals surface area (Å²) in [5.41, 5.74) is -1.19. The summed E-state index contributed by atoms with van der Waals surface area (Å²) in [5.74, 6) is -2.90. The molecule has 0 unspecified atom stereocenters. The van der Waals surface area contributed by atoms with E-state index in [9.17, 15) is 28.3 Å². The topological polar surface area (TPSA) is 82.9 Å². The number of hydrogen-bond acceptors (Lipinski definition) is 5. The van der Waals surface area contributed by atoms with Gasteiger partial charge in [-0.25, -0.2) is 8.78 Å². The molecule has 2 atom stereocenters. The predicted molar refractivity (Wildman–Crippen MR) is 118 cm³/mol. The van der Waals surface area contributed by atoms with Crippen LogP contribution in [0.15, 0.2) is 29.2 Å². The highest BCUT2D eigenvalue weighted by Crippen LogP contribution is 2.33. The Balaban J connectivity index is 1.71. The van der Waals surface area contributed by atoms with Gasteiger partial charge in [-0.2, -0.15) is 0 Å². The lowest BCUT2D eigenvalue weighted by atomic mass is 9.94. The van der Waals surface area contributed by atoms with Gasteiger partial charge >= 0.3 is 0 Å². The van der Waals surface area contributed by atoms with Crippen molar-refractivity contribution in [1.29, 1.82) is 0 Å². The van der Waals surface area contributed by atoms with Gasteiger partial charge in [-0.05, 0) is 50.7 Å². The summed E-state index contributed by atoms with van der Waals surface area (Å²) in [4.78, 5) is 40.7. The fourth-order valence-corrected chi connectivity index (χ4v) is 4.74. The molecule has 1 aromatic carbocycles. The van der Waals surface area contributed by atoms with Gasteiger partial charge in [0.15, 0.2) is 17.2 Å². The molecule has 33 heavy (non-hydrogen) atoms. The molecule has 4 rings (SSSR count). The van der Waals surface area contributed by atoms with E-state index in [4.69, 9.17) is 0 Å². The standard InChI is InChI=1S/C24H27F2N3O4/c1-13(2)29-20-10-14(3)8-9-27(20)28-12-17(22(31)23(32)21(28)24(29)33)19(30)7-5-15-4-6-16(25)11-18(15)26/h4,6,11-14,20,32H,5,7-10H2,1-3H3/t14-,20-/m1/s1. The van der Waals surface area contributed by atoms with Crippen LogP contribution in [-0.2, 0) is 6.42 Å². The van der Waals surface area contributed by atoms with Crippen molar-refractivity contribution in [2.45, 2.75) is 58.7 Å². The minimum Gasteiger partial charge on any atom is -0.502 e. The highest BCUT2D eigenvalue weighted by atomic mass is 19.1. The molecule has 2 aromatic rings. The lowest BCUT2D eigenvalue weighted by molar-refractivity contribution is 0.0385. The van der Waals surface area contributed by atoms with Crippen LogP contribution in [0.2, 0.25) is 0 Å². The van der Waals surface area contributed by atoms with Crippen molar-refractivity contribution >= 4 is 11.7 Å². The first-order valence-corrected chi connectivity index (χ1v) is 11.2. The number of carbonyl (C=O) groups is 2. The Kier molecular flexibility index (Phi) is 5.99. The van der Waals surface area contributed by atoms with Gasteiger partial charge in [-0.15, -0.1) is 0 Å². The number of Topliss-reactive ketones (excluding diaryl/α,β-unsaturated/α-hetero) is 1. The van der Waals surface area contributed by atoms with Crippen LogP contribution in [0.1, 0.15) is 66.4 Å². The van der Waals surface area contributed by atoms with Crippen LogP contribution in [0.4, 0.5) is 8.78 Å². The molecule has 2 aliphatic heterocycles. The van der Waals surface area contributed by atoms with Gasteiger partial charge in [0.2, 0.25) is 5.43 Å². The average Bonchev–Trinajstić information content (AvgIpc) is 2.74. The molecule has 2 aliphatic rings. The molecule has 1 amide bonds. The Morgan fingerprint density at radius 1 is 1.24 bits per heavy atom. The third kappa shape index (κ3) is 4.00. The lowest BCUT2D eigenvalue weighted by Crippen LogP contribution is -2.65. The zero-order chi connectivity index (χ0) is 24.0. The van der Waals surface area contributed by atoms with E-state index >= 15 is 0 Å². The van der Waals surface area contributed by atoms with E-state index in [2.05, 4.69) is 6.92 Å². The second-order valence-corrected chi connectivity index (χ2v) is 9.15. The van der Waals surface area contributed by atoms with Crippen molar-refractivity contribution in [3.63, 3.8) is 0 Å². The van der Waals surface area contributed by atoms with Crippen LogP contribution in [0.3, 0.4) is 0 Å². The number of carbonyl (C=O) groups excluding carboxylic acids is 2. The van der Waals surface area contributed by atoms with Crippen molar-refractivity contribution in [3.8, 4) is 5.75 Å². The minimum atomic E-state index is -0.924. The van der Waals surface area contributed by atoms with Gasteiger partial charge < -0.3 is 10.0 Å². The fraction of sp³-hybridized carbons (Fsp3) is 0.458. The molecule has 1 saturated heterocycles. The third-order valence-corrected chi connectivity index (χ3v) is 6.50. The number of amides is 1. The molecule has 3 heterocycles. The number of nitrogens with zero attached hydrogens (tertiary/aromatic N) is 3. The van der Waals surface area contributed by atoms with E-state index in [1.165, 1.54) is 16.9 Å². The van der Waals surface area contributed by atoms with Crippen LogP contribution in [-0.4, -0.2) is 45.1 Å². The first-order chi connectivity index (χ1) is 15.6. The number of ketones is 1. The van der Waals surface area contributed by atoms with Crippen LogP contribution in [0, 0.1) is 17.6 Å². The number of rotatable bonds is 5. The molecule has 0 saturated carbocycles. The van der Waals surface area contributed by atoms with E-state index in [-0.39, 0.29) is 41.9 Å². The van der Waals surface area contributed by atoms with Gasteiger partial charge in [0, 0.05) is 31.3 Å². The van der Waals surface area contributed by atoms with Crippen molar-refractivity contribution < 1.29 is 23.5 Å². The van der Waals surface area contributed by atoms with Gasteiger partial charge in [0.1, 0.15) is 17.8 Å². The van der Waals surface area contributed by atoms with Crippen LogP contribution in [0.25, 0.3) is 0 Å². The summed E-state index contributed by atoms with van der Waals surface area (Å²) in [5, 5.41) is 12.6. The van der Waals surface area contributed by atoms with E-state index in [0.717, 1.165) is 25.0 Å². The SMILES string of the molecule is CC(C)N1C(=O)c2c(O)c(=O)c(C(=O)CCc3ccc(F)cc3F)cn2N2CC[C@@H](C)C[C@@H]12. The highest BCUT2D eigenvalue weighted by Gasteiger charge is 2.43. The summed E-state index contributed by atoms with van der Waals surface area (Å²) in [6.45, 7) is 6.47. The summed E-state index contributed by atoms with van der Waals surface area (Å²) in [6.07, 6.45) is 2.41. The van der Waals surface area contributed by atoms with Crippen LogP contribution >= 0.6 is 0 Å². The van der Waals surface area contributed by atoms with Gasteiger partial charge in [-0.3, -0.25) is 24.1 Å². The second-order valence-electron chi connectivity index (χ2n) is 9.15.